The molecule has 49 heavy (non-hydrogen) atoms. The zero-order valence-electron chi connectivity index (χ0n) is 31.4. The van der Waals surface area contributed by atoms with Gasteiger partial charge in [0.2, 0.25) is 0 Å². The first-order chi connectivity index (χ1) is 23.0. The first kappa shape index (κ1) is 36.1. The predicted octanol–water partition coefficient (Wildman–Crippen LogP) is 13.3. The third kappa shape index (κ3) is 9.29. The number of ether oxygens (including phenoxy) is 3. The maximum Gasteiger partial charge on any atom is 0.127 e. The fourth-order valence-corrected chi connectivity index (χ4v) is 6.39. The summed E-state index contributed by atoms with van der Waals surface area (Å²) in [7, 11) is 0. The Bertz CT molecular complexity index is 2080. The van der Waals surface area contributed by atoms with Crippen LogP contribution < -0.4 is 4.74 Å². The number of rotatable bonds is 4. The molecular formula is C46H54O3. The monoisotopic (exact) mass is 654 g/mol. The largest absolute Gasteiger partial charge is 0.488 e. The van der Waals surface area contributed by atoms with Crippen molar-refractivity contribution in [1.29, 1.82) is 0 Å². The second-order valence-electron chi connectivity index (χ2n) is 16.1. The van der Waals surface area contributed by atoms with Crippen LogP contribution in [0.15, 0.2) is 109 Å². The van der Waals surface area contributed by atoms with Crippen LogP contribution in [0.2, 0.25) is 0 Å². The van der Waals surface area contributed by atoms with E-state index < -0.39 is 0 Å². The summed E-state index contributed by atoms with van der Waals surface area (Å²) in [6.45, 7) is 23.5. The molecule has 0 bridgehead atoms. The van der Waals surface area contributed by atoms with Crippen LogP contribution in [0, 0.1) is 0 Å². The Labute approximate surface area is 293 Å². The highest BCUT2D eigenvalue weighted by Gasteiger charge is 2.17. The van der Waals surface area contributed by atoms with E-state index in [0.717, 1.165) is 5.75 Å². The van der Waals surface area contributed by atoms with E-state index in [2.05, 4.69) is 172 Å². The lowest BCUT2D eigenvalue weighted by Crippen LogP contribution is -2.23. The minimum absolute atomic E-state index is 0.0220. The van der Waals surface area contributed by atoms with Crippen LogP contribution in [-0.2, 0) is 16.1 Å². The van der Waals surface area contributed by atoms with Crippen LogP contribution in [0.5, 0.6) is 5.75 Å². The van der Waals surface area contributed by atoms with Gasteiger partial charge in [0.05, 0.1) is 23.9 Å². The normalized spacial score (nSPS) is 12.4. The maximum atomic E-state index is 6.16. The highest BCUT2D eigenvalue weighted by atomic mass is 16.5. The predicted molar refractivity (Wildman–Crippen MR) is 212 cm³/mol. The molecule has 0 amide bonds. The van der Waals surface area contributed by atoms with E-state index in [1.54, 1.807) is 0 Å². The van der Waals surface area contributed by atoms with Crippen LogP contribution in [0.1, 0.15) is 81.7 Å². The summed E-state index contributed by atoms with van der Waals surface area (Å²) in [5.41, 5.74) is 0.989. The summed E-state index contributed by atoms with van der Waals surface area (Å²) in [6.07, 6.45) is 0.343. The summed E-state index contributed by atoms with van der Waals surface area (Å²) < 4.78 is 17.6. The Kier molecular flexibility index (Phi) is 10.6. The molecule has 0 spiro atoms. The molecule has 7 aromatic carbocycles. The zero-order chi connectivity index (χ0) is 35.6. The van der Waals surface area contributed by atoms with E-state index in [1.807, 2.05) is 13.8 Å². The van der Waals surface area contributed by atoms with Crippen LogP contribution in [0.3, 0.4) is 0 Å². The third-order valence-electron chi connectivity index (χ3n) is 8.03. The number of hydrogen-bond acceptors (Lipinski definition) is 3. The topological polar surface area (TPSA) is 27.7 Å². The number of fused-ring (bicyclic) bond motifs is 2. The quantitative estimate of drug-likeness (QED) is 0.140. The van der Waals surface area contributed by atoms with Crippen molar-refractivity contribution in [3.8, 4) is 5.75 Å². The second kappa shape index (κ2) is 14.4. The second-order valence-corrected chi connectivity index (χ2v) is 16.1. The molecule has 0 unspecified atom stereocenters. The molecule has 0 heterocycles. The molecule has 256 valence electrons. The fourth-order valence-electron chi connectivity index (χ4n) is 6.39. The molecule has 3 heteroatoms. The lowest BCUT2D eigenvalue weighted by molar-refractivity contribution is -0.0424. The molecule has 0 saturated carbocycles. The average molecular weight is 655 g/mol. The van der Waals surface area contributed by atoms with Gasteiger partial charge in [-0.25, -0.2) is 0 Å². The average Bonchev–Trinajstić information content (AvgIpc) is 3.01. The van der Waals surface area contributed by atoms with Crippen LogP contribution >= 0.6 is 0 Å². The summed E-state index contributed by atoms with van der Waals surface area (Å²) in [5, 5.41) is 12.8. The van der Waals surface area contributed by atoms with Crippen LogP contribution in [0.4, 0.5) is 0 Å². The highest BCUT2D eigenvalue weighted by molar-refractivity contribution is 6.24. The van der Waals surface area contributed by atoms with E-state index in [1.165, 1.54) is 59.4 Å². The fraction of sp³-hybridized carbons (Fsp3) is 0.348. The lowest BCUT2D eigenvalue weighted by atomic mass is 9.94. The number of benzene rings is 7. The van der Waals surface area contributed by atoms with E-state index >= 15 is 0 Å². The first-order valence-corrected chi connectivity index (χ1v) is 17.6. The van der Waals surface area contributed by atoms with Gasteiger partial charge in [-0.05, 0) is 143 Å². The Morgan fingerprint density at radius 1 is 0.469 bits per heavy atom. The van der Waals surface area contributed by atoms with Crippen molar-refractivity contribution in [2.24, 2.45) is 0 Å². The molecule has 0 saturated heterocycles. The summed E-state index contributed by atoms with van der Waals surface area (Å²) in [6, 6.07) is 38.8. The molecule has 3 nitrogen and oxygen atoms in total. The summed E-state index contributed by atoms with van der Waals surface area (Å²) in [4.78, 5) is 0. The van der Waals surface area contributed by atoms with Gasteiger partial charge in [0, 0.05) is 10.8 Å². The van der Waals surface area contributed by atoms with Gasteiger partial charge in [-0.15, -0.1) is 0 Å². The molecule has 0 atom stereocenters. The maximum absolute atomic E-state index is 6.16. The minimum atomic E-state index is -0.192. The third-order valence-corrected chi connectivity index (χ3v) is 8.03. The lowest BCUT2D eigenvalue weighted by Gasteiger charge is -2.23. The molecule has 0 aliphatic carbocycles. The van der Waals surface area contributed by atoms with Gasteiger partial charge in [0.15, 0.2) is 0 Å². The molecule has 7 rings (SSSR count). The Morgan fingerprint density at radius 3 is 1.45 bits per heavy atom. The van der Waals surface area contributed by atoms with E-state index in [-0.39, 0.29) is 16.8 Å². The van der Waals surface area contributed by atoms with Gasteiger partial charge in [-0.2, -0.15) is 0 Å². The summed E-state index contributed by atoms with van der Waals surface area (Å²) >= 11 is 0. The van der Waals surface area contributed by atoms with Gasteiger partial charge >= 0.3 is 0 Å². The van der Waals surface area contributed by atoms with Crippen LogP contribution in [-0.4, -0.2) is 22.9 Å². The summed E-state index contributed by atoms with van der Waals surface area (Å²) in [5.74, 6) is 0.966. The van der Waals surface area contributed by atoms with Gasteiger partial charge < -0.3 is 14.2 Å². The first-order valence-electron chi connectivity index (χ1n) is 17.6. The van der Waals surface area contributed by atoms with Gasteiger partial charge in [-0.3, -0.25) is 0 Å². The standard InChI is InChI=1S/C20H18O.C19H20O.C7H16O/c1-20(2,3)21-17-12-10-15-8-7-13-5-4-6-14-9-11-16(17)19(15)18(13)14;1-19(2,3)20-13-18-16-10-6-4-8-14(16)12-15-9-5-7-11-17(15)18;1-6(2)8-7(3,4)5/h4-12H,1-3H3;4-12H,13H2,1-3H3;6H,1-5H3. The van der Waals surface area contributed by atoms with E-state index in [9.17, 15) is 0 Å². The van der Waals surface area contributed by atoms with Crippen molar-refractivity contribution < 1.29 is 14.2 Å². The van der Waals surface area contributed by atoms with E-state index in [0.29, 0.717) is 12.7 Å². The molecule has 0 radical (unpaired) electrons. The van der Waals surface area contributed by atoms with Crippen molar-refractivity contribution in [2.75, 3.05) is 0 Å². The van der Waals surface area contributed by atoms with E-state index in [4.69, 9.17) is 14.2 Å². The molecule has 0 fully saturated rings. The van der Waals surface area contributed by atoms with Crippen molar-refractivity contribution in [1.82, 2.24) is 0 Å². The Hall–Kier alpha value is -4.18. The molecule has 7 aromatic rings. The van der Waals surface area contributed by atoms with Gasteiger partial charge in [0.25, 0.3) is 0 Å². The molecule has 0 N–H and O–H groups in total. The molecule has 0 aromatic heterocycles. The molecule has 0 aliphatic heterocycles. The van der Waals surface area contributed by atoms with Crippen molar-refractivity contribution >= 4 is 53.9 Å². The number of hydrogen-bond donors (Lipinski definition) is 0. The smallest absolute Gasteiger partial charge is 0.127 e. The molecular weight excluding hydrogens is 601 g/mol. The van der Waals surface area contributed by atoms with Crippen molar-refractivity contribution in [3.63, 3.8) is 0 Å². The minimum Gasteiger partial charge on any atom is -0.488 e. The van der Waals surface area contributed by atoms with Crippen molar-refractivity contribution in [2.45, 2.75) is 106 Å². The van der Waals surface area contributed by atoms with Crippen molar-refractivity contribution in [3.05, 3.63) is 115 Å². The van der Waals surface area contributed by atoms with Crippen LogP contribution in [0.25, 0.3) is 53.9 Å². The Morgan fingerprint density at radius 2 is 0.959 bits per heavy atom. The van der Waals surface area contributed by atoms with Gasteiger partial charge in [0.1, 0.15) is 11.4 Å². The highest BCUT2D eigenvalue weighted by Crippen LogP contribution is 2.39. The van der Waals surface area contributed by atoms with Gasteiger partial charge in [-0.1, -0.05) is 91.0 Å². The zero-order valence-corrected chi connectivity index (χ0v) is 31.4. The molecule has 0 aliphatic rings. The Balaban J connectivity index is 0.000000158. The SMILES string of the molecule is CC(C)(C)OCc1c2ccccc2cc2ccccc12.CC(C)(C)Oc1ccc2ccc3cccc4ccc1c2c34.CC(C)OC(C)(C)C.